The predicted molar refractivity (Wildman–Crippen MR) is 186 cm³/mol. The van der Waals surface area contributed by atoms with Crippen LogP contribution in [0.15, 0.2) is 0 Å². The van der Waals surface area contributed by atoms with Gasteiger partial charge in [0.25, 0.3) is 0 Å². The Balaban J connectivity index is 0. The van der Waals surface area contributed by atoms with Gasteiger partial charge in [-0.15, -0.1) is 0 Å². The number of unbranched alkanes of at least 4 members (excludes halogenated alkanes) is 33. The molecule has 2 heteroatoms. The Morgan fingerprint density at radius 1 is 0.244 bits per heavy atom. The van der Waals surface area contributed by atoms with Crippen LogP contribution in [-0.4, -0.2) is 32.2 Å². The van der Waals surface area contributed by atoms with Crippen LogP contribution in [0.3, 0.4) is 0 Å². The fourth-order valence-corrected chi connectivity index (χ4v) is 6.32. The summed E-state index contributed by atoms with van der Waals surface area (Å²) in [7, 11) is 6.93. The van der Waals surface area contributed by atoms with Gasteiger partial charge in [0.05, 0.1) is 27.7 Å². The first-order valence-electron chi connectivity index (χ1n) is 19.4. The molecule has 41 heavy (non-hydrogen) atoms. The number of nitrogens with zero attached hydrogens (tertiary/aromatic N) is 1. The minimum atomic E-state index is 0. The molecule has 0 aromatic carbocycles. The maximum atomic E-state index is 2.31. The van der Waals surface area contributed by atoms with Crippen molar-refractivity contribution in [1.29, 1.82) is 0 Å². The van der Waals surface area contributed by atoms with Crippen LogP contribution in [-0.2, 0) is 0 Å². The van der Waals surface area contributed by atoms with Crippen molar-refractivity contribution < 1.29 is 16.9 Å². The molecule has 0 radical (unpaired) electrons. The average Bonchev–Trinajstić information content (AvgIpc) is 2.92. The number of halogens is 1. The Bertz CT molecular complexity index is 443. The van der Waals surface area contributed by atoms with Gasteiger partial charge in [-0.25, -0.2) is 0 Å². The van der Waals surface area contributed by atoms with Gasteiger partial charge in [0, 0.05) is 0 Å². The van der Waals surface area contributed by atoms with E-state index in [0.717, 1.165) is 4.48 Å². The molecule has 0 aromatic heterocycles. The molecule has 0 bridgehead atoms. The number of hydrogen-bond acceptors (Lipinski definition) is 0. The SMILES string of the molecule is CCCCCCCCCCCCCCCCCCCCCCCCCCCCCCCCCCCC[N+](C)(C)C.[Cl-]. The molecular weight excluding hydrogens is 518 g/mol. The Morgan fingerprint density at radius 2 is 0.390 bits per heavy atom. The lowest BCUT2D eigenvalue weighted by Gasteiger charge is -2.23. The molecule has 0 aliphatic heterocycles. The largest absolute Gasteiger partial charge is 1.00 e. The van der Waals surface area contributed by atoms with Gasteiger partial charge in [-0.3, -0.25) is 0 Å². The quantitative estimate of drug-likeness (QED) is 0.0502. The zero-order valence-electron chi connectivity index (χ0n) is 29.6. The molecule has 1 nitrogen and oxygen atoms in total. The first kappa shape index (κ1) is 43.4. The summed E-state index contributed by atoms with van der Waals surface area (Å²) < 4.78 is 1.12. The highest BCUT2D eigenvalue weighted by molar-refractivity contribution is 4.53. The van der Waals surface area contributed by atoms with Gasteiger partial charge >= 0.3 is 0 Å². The van der Waals surface area contributed by atoms with Crippen molar-refractivity contribution in [3.8, 4) is 0 Å². The van der Waals surface area contributed by atoms with E-state index in [1.54, 1.807) is 0 Å². The standard InChI is InChI=1S/C39H82N.ClH/c1-5-6-7-8-9-10-11-12-13-14-15-16-17-18-19-20-21-22-23-24-25-26-27-28-29-30-31-32-33-34-35-36-37-38-39-40(2,3)4;/h5-39H2,1-4H3;1H/q+1;/p-1. The Labute approximate surface area is 269 Å². The van der Waals surface area contributed by atoms with Crippen molar-refractivity contribution in [3.63, 3.8) is 0 Å². The molecule has 0 saturated heterocycles. The van der Waals surface area contributed by atoms with Crippen LogP contribution < -0.4 is 12.4 Å². The molecule has 0 unspecified atom stereocenters. The Kier molecular flexibility index (Phi) is 38.6. The van der Waals surface area contributed by atoms with Crippen molar-refractivity contribution in [1.82, 2.24) is 0 Å². The van der Waals surface area contributed by atoms with Gasteiger partial charge in [0.2, 0.25) is 0 Å². The molecule has 0 aromatic rings. The van der Waals surface area contributed by atoms with Crippen LogP contribution >= 0.6 is 0 Å². The minimum absolute atomic E-state index is 0. The second kappa shape index (κ2) is 36.4. The number of hydrogen-bond donors (Lipinski definition) is 0. The van der Waals surface area contributed by atoms with Gasteiger partial charge in [-0.2, -0.15) is 0 Å². The second-order valence-electron chi connectivity index (χ2n) is 14.7. The summed E-state index contributed by atoms with van der Waals surface area (Å²) in [5, 5.41) is 0. The Morgan fingerprint density at radius 3 is 0.537 bits per heavy atom. The summed E-state index contributed by atoms with van der Waals surface area (Å²) in [6.07, 6.45) is 50.3. The van der Waals surface area contributed by atoms with Crippen molar-refractivity contribution in [3.05, 3.63) is 0 Å². The topological polar surface area (TPSA) is 0 Å². The van der Waals surface area contributed by atoms with Crippen LogP contribution in [0.2, 0.25) is 0 Å². The molecule has 0 amide bonds. The summed E-state index contributed by atoms with van der Waals surface area (Å²) in [5.74, 6) is 0. The van der Waals surface area contributed by atoms with Crippen molar-refractivity contribution in [2.24, 2.45) is 0 Å². The first-order chi connectivity index (χ1) is 19.6. The molecule has 0 saturated carbocycles. The number of quaternary nitrogens is 1. The van der Waals surface area contributed by atoms with E-state index in [1.807, 2.05) is 0 Å². The van der Waals surface area contributed by atoms with Gasteiger partial charge in [0.15, 0.2) is 0 Å². The molecule has 0 N–H and O–H groups in total. The molecule has 0 fully saturated rings. The summed E-state index contributed by atoms with van der Waals surface area (Å²) in [5.41, 5.74) is 0. The Hall–Kier alpha value is 0.250. The highest BCUT2D eigenvalue weighted by atomic mass is 35.5. The summed E-state index contributed by atoms with van der Waals surface area (Å²) in [6.45, 7) is 3.64. The van der Waals surface area contributed by atoms with Gasteiger partial charge in [0.1, 0.15) is 0 Å². The molecule has 0 aliphatic rings. The first-order valence-corrected chi connectivity index (χ1v) is 19.4. The van der Waals surface area contributed by atoms with E-state index in [-0.39, 0.29) is 12.4 Å². The molecule has 0 atom stereocenters. The molecule has 0 spiro atoms. The molecule has 0 heterocycles. The van der Waals surface area contributed by atoms with Gasteiger partial charge in [-0.1, -0.05) is 212 Å². The van der Waals surface area contributed by atoms with Crippen molar-refractivity contribution >= 4 is 0 Å². The summed E-state index contributed by atoms with van der Waals surface area (Å²) in [6, 6.07) is 0. The van der Waals surface area contributed by atoms with E-state index in [2.05, 4.69) is 28.1 Å². The lowest BCUT2D eigenvalue weighted by Crippen LogP contribution is -3.00. The highest BCUT2D eigenvalue weighted by Gasteiger charge is 2.05. The smallest absolute Gasteiger partial charge is 0.0780 e. The summed E-state index contributed by atoms with van der Waals surface area (Å²) >= 11 is 0. The van der Waals surface area contributed by atoms with E-state index in [4.69, 9.17) is 0 Å². The number of rotatable bonds is 35. The molecule has 0 rings (SSSR count). The summed E-state index contributed by atoms with van der Waals surface area (Å²) in [4.78, 5) is 0. The zero-order chi connectivity index (χ0) is 29.2. The lowest BCUT2D eigenvalue weighted by atomic mass is 10.0. The maximum Gasteiger partial charge on any atom is 0.0780 e. The maximum absolute atomic E-state index is 2.31. The van der Waals surface area contributed by atoms with E-state index < -0.39 is 0 Å². The predicted octanol–water partition coefficient (Wildman–Crippen LogP) is 11.0. The van der Waals surface area contributed by atoms with E-state index in [0.29, 0.717) is 0 Å². The van der Waals surface area contributed by atoms with Crippen LogP contribution in [0.5, 0.6) is 0 Å². The highest BCUT2D eigenvalue weighted by Crippen LogP contribution is 2.17. The monoisotopic (exact) mass is 600 g/mol. The van der Waals surface area contributed by atoms with Crippen LogP contribution in [0, 0.1) is 0 Å². The van der Waals surface area contributed by atoms with E-state index in [9.17, 15) is 0 Å². The molecular formula is C39H82ClN. The fourth-order valence-electron chi connectivity index (χ4n) is 6.32. The van der Waals surface area contributed by atoms with Gasteiger partial charge < -0.3 is 16.9 Å². The second-order valence-corrected chi connectivity index (χ2v) is 14.7. The normalized spacial score (nSPS) is 11.7. The fraction of sp³-hybridized carbons (Fsp3) is 1.00. The molecule has 0 aliphatic carbocycles. The van der Waals surface area contributed by atoms with E-state index in [1.165, 1.54) is 225 Å². The third-order valence-corrected chi connectivity index (χ3v) is 9.18. The third-order valence-electron chi connectivity index (χ3n) is 9.18. The minimum Gasteiger partial charge on any atom is -1.00 e. The zero-order valence-corrected chi connectivity index (χ0v) is 30.3. The van der Waals surface area contributed by atoms with Crippen LogP contribution in [0.1, 0.15) is 225 Å². The van der Waals surface area contributed by atoms with Crippen LogP contribution in [0.25, 0.3) is 0 Å². The third kappa shape index (κ3) is 42.4. The molecule has 250 valence electrons. The van der Waals surface area contributed by atoms with Crippen molar-refractivity contribution in [2.75, 3.05) is 27.7 Å². The van der Waals surface area contributed by atoms with Gasteiger partial charge in [-0.05, 0) is 12.8 Å². The van der Waals surface area contributed by atoms with Crippen LogP contribution in [0.4, 0.5) is 0 Å². The lowest BCUT2D eigenvalue weighted by molar-refractivity contribution is -0.870. The average molecular weight is 601 g/mol. The van der Waals surface area contributed by atoms with Crippen molar-refractivity contribution in [2.45, 2.75) is 225 Å². The van der Waals surface area contributed by atoms with E-state index >= 15 is 0 Å².